The van der Waals surface area contributed by atoms with E-state index in [1.165, 1.54) is 0 Å². The number of halogens is 2. The maximum atomic E-state index is 12.1. The average molecular weight is 353 g/mol. The number of carbonyl (C=O) groups excluding carboxylic acids is 1. The number of rotatable bonds is 4. The minimum Gasteiger partial charge on any atom is -0.325 e. The average Bonchev–Trinajstić information content (AvgIpc) is 2.38. The first-order valence-corrected chi connectivity index (χ1v) is 7.56. The Morgan fingerprint density at radius 3 is 2.70 bits per heavy atom. The summed E-state index contributed by atoms with van der Waals surface area (Å²) >= 11 is 9.52. The Kier molecular flexibility index (Phi) is 5.21. The zero-order chi connectivity index (χ0) is 14.5. The van der Waals surface area contributed by atoms with Crippen molar-refractivity contribution < 1.29 is 4.79 Å². The topological polar surface area (TPSA) is 29.1 Å². The van der Waals surface area contributed by atoms with Crippen LogP contribution in [0.3, 0.4) is 0 Å². The number of alkyl halides is 1. The normalized spacial score (nSPS) is 11.9. The van der Waals surface area contributed by atoms with Gasteiger partial charge in [0.1, 0.15) is 0 Å². The van der Waals surface area contributed by atoms with Crippen molar-refractivity contribution in [3.63, 3.8) is 0 Å². The van der Waals surface area contributed by atoms with Gasteiger partial charge in [-0.05, 0) is 36.2 Å². The van der Waals surface area contributed by atoms with Crippen LogP contribution in [0.1, 0.15) is 23.4 Å². The van der Waals surface area contributed by atoms with E-state index in [4.69, 9.17) is 11.6 Å². The van der Waals surface area contributed by atoms with E-state index in [2.05, 4.69) is 21.2 Å². The minimum atomic E-state index is -0.141. The summed E-state index contributed by atoms with van der Waals surface area (Å²) in [4.78, 5) is 12.1. The molecule has 0 saturated heterocycles. The molecule has 1 unspecified atom stereocenters. The molecule has 0 fully saturated rings. The zero-order valence-electron chi connectivity index (χ0n) is 11.1. The zero-order valence-corrected chi connectivity index (χ0v) is 13.4. The smallest absolute Gasteiger partial charge is 0.228 e. The van der Waals surface area contributed by atoms with Gasteiger partial charge in [-0.3, -0.25) is 4.79 Å². The number of benzene rings is 2. The minimum absolute atomic E-state index is 0.0483. The first-order valence-electron chi connectivity index (χ1n) is 6.33. The van der Waals surface area contributed by atoms with E-state index in [0.717, 1.165) is 21.3 Å². The first-order chi connectivity index (χ1) is 9.56. The Labute approximate surface area is 132 Å². The number of carbonyl (C=O) groups is 1. The summed E-state index contributed by atoms with van der Waals surface area (Å²) in [5.41, 5.74) is 2.67. The maximum Gasteiger partial charge on any atom is 0.228 e. The summed E-state index contributed by atoms with van der Waals surface area (Å²) in [5.74, 6) is -0.0483. The molecule has 1 N–H and O–H groups in total. The number of amides is 1. The molecule has 2 aromatic rings. The van der Waals surface area contributed by atoms with Crippen LogP contribution < -0.4 is 5.32 Å². The van der Waals surface area contributed by atoms with Gasteiger partial charge in [-0.1, -0.05) is 46.3 Å². The molecule has 0 bridgehead atoms. The van der Waals surface area contributed by atoms with Gasteiger partial charge in [-0.25, -0.2) is 0 Å². The second-order valence-electron chi connectivity index (χ2n) is 4.56. The monoisotopic (exact) mass is 351 g/mol. The van der Waals surface area contributed by atoms with Crippen LogP contribution in [-0.2, 0) is 11.2 Å². The lowest BCUT2D eigenvalue weighted by atomic mass is 10.1. The van der Waals surface area contributed by atoms with E-state index in [1.54, 1.807) is 0 Å². The Morgan fingerprint density at radius 2 is 2.00 bits per heavy atom. The van der Waals surface area contributed by atoms with Gasteiger partial charge in [-0.2, -0.15) is 0 Å². The maximum absolute atomic E-state index is 12.1. The van der Waals surface area contributed by atoms with E-state index >= 15 is 0 Å². The van der Waals surface area contributed by atoms with Crippen LogP contribution in [0.4, 0.5) is 5.69 Å². The van der Waals surface area contributed by atoms with Gasteiger partial charge in [-0.15, -0.1) is 11.6 Å². The summed E-state index contributed by atoms with van der Waals surface area (Å²) in [5, 5.41) is 2.78. The van der Waals surface area contributed by atoms with Crippen molar-refractivity contribution in [2.45, 2.75) is 18.7 Å². The van der Waals surface area contributed by atoms with Crippen molar-refractivity contribution >= 4 is 39.1 Å². The molecule has 1 atom stereocenters. The Morgan fingerprint density at radius 1 is 1.25 bits per heavy atom. The molecule has 0 aliphatic rings. The number of anilines is 1. The lowest BCUT2D eigenvalue weighted by molar-refractivity contribution is -0.115. The highest BCUT2D eigenvalue weighted by atomic mass is 79.9. The second kappa shape index (κ2) is 6.91. The molecule has 0 spiro atoms. The molecule has 0 aromatic heterocycles. The Hall–Kier alpha value is -1.32. The summed E-state index contributed by atoms with van der Waals surface area (Å²) in [7, 11) is 0. The number of hydrogen-bond donors (Lipinski definition) is 1. The van der Waals surface area contributed by atoms with Gasteiger partial charge in [0.15, 0.2) is 0 Å². The second-order valence-corrected chi connectivity index (χ2v) is 6.13. The molecule has 0 radical (unpaired) electrons. The van der Waals surface area contributed by atoms with Crippen LogP contribution in [0, 0.1) is 0 Å². The highest BCUT2D eigenvalue weighted by Gasteiger charge is 2.10. The van der Waals surface area contributed by atoms with Crippen LogP contribution in [0.2, 0.25) is 0 Å². The predicted octanol–water partition coefficient (Wildman–Crippen LogP) is 4.93. The van der Waals surface area contributed by atoms with E-state index < -0.39 is 0 Å². The fourth-order valence-corrected chi connectivity index (χ4v) is 2.62. The lowest BCUT2D eigenvalue weighted by Gasteiger charge is -2.12. The lowest BCUT2D eigenvalue weighted by Crippen LogP contribution is -2.15. The first kappa shape index (κ1) is 15.1. The summed E-state index contributed by atoms with van der Waals surface area (Å²) in [6.45, 7) is 1.89. The van der Waals surface area contributed by atoms with Crippen LogP contribution in [0.5, 0.6) is 0 Å². The molecule has 2 rings (SSSR count). The predicted molar refractivity (Wildman–Crippen MR) is 87.2 cm³/mol. The molecule has 1 amide bonds. The summed E-state index contributed by atoms with van der Waals surface area (Å²) in [6, 6.07) is 15.3. The van der Waals surface area contributed by atoms with Gasteiger partial charge in [0.2, 0.25) is 5.91 Å². The molecule has 0 aliphatic heterocycles. The van der Waals surface area contributed by atoms with Crippen molar-refractivity contribution in [2.24, 2.45) is 0 Å². The van der Waals surface area contributed by atoms with E-state index in [1.807, 2.05) is 55.5 Å². The van der Waals surface area contributed by atoms with Gasteiger partial charge < -0.3 is 5.32 Å². The molecule has 4 heteroatoms. The third-order valence-corrected chi connectivity index (χ3v) is 3.65. The standard InChI is InChI=1S/C16H15BrClNO/c1-11(18)14-7-2-3-8-15(14)19-16(20)10-12-5-4-6-13(17)9-12/h2-9,11H,10H2,1H3,(H,19,20). The van der Waals surface area contributed by atoms with Gasteiger partial charge in [0, 0.05) is 10.2 Å². The SMILES string of the molecule is CC(Cl)c1ccccc1NC(=O)Cc1cccc(Br)c1. The Bertz CT molecular complexity index is 613. The molecule has 0 heterocycles. The molecule has 0 aliphatic carbocycles. The molecular weight excluding hydrogens is 338 g/mol. The molecule has 2 nitrogen and oxygen atoms in total. The Balaban J connectivity index is 2.09. The highest BCUT2D eigenvalue weighted by Crippen LogP contribution is 2.27. The van der Waals surface area contributed by atoms with Gasteiger partial charge in [0.05, 0.1) is 11.8 Å². The third kappa shape index (κ3) is 4.09. The van der Waals surface area contributed by atoms with Crippen LogP contribution in [0.15, 0.2) is 53.0 Å². The van der Waals surface area contributed by atoms with Gasteiger partial charge in [0.25, 0.3) is 0 Å². The van der Waals surface area contributed by atoms with E-state index in [0.29, 0.717) is 6.42 Å². The fourth-order valence-electron chi connectivity index (χ4n) is 1.98. The molecular formula is C16H15BrClNO. The number of nitrogens with one attached hydrogen (secondary N) is 1. The van der Waals surface area contributed by atoms with Crippen molar-refractivity contribution in [3.8, 4) is 0 Å². The fraction of sp³-hybridized carbons (Fsp3) is 0.188. The summed E-state index contributed by atoms with van der Waals surface area (Å²) < 4.78 is 0.970. The van der Waals surface area contributed by atoms with E-state index in [-0.39, 0.29) is 11.3 Å². The van der Waals surface area contributed by atoms with Crippen molar-refractivity contribution in [2.75, 3.05) is 5.32 Å². The van der Waals surface area contributed by atoms with Crippen LogP contribution in [0.25, 0.3) is 0 Å². The molecule has 104 valence electrons. The molecule has 0 saturated carbocycles. The van der Waals surface area contributed by atoms with Crippen molar-refractivity contribution in [1.29, 1.82) is 0 Å². The van der Waals surface area contributed by atoms with Gasteiger partial charge >= 0.3 is 0 Å². The third-order valence-electron chi connectivity index (χ3n) is 2.92. The largest absolute Gasteiger partial charge is 0.325 e. The van der Waals surface area contributed by atoms with E-state index in [9.17, 15) is 4.79 Å². The molecule has 20 heavy (non-hydrogen) atoms. The van der Waals surface area contributed by atoms with Crippen molar-refractivity contribution in [1.82, 2.24) is 0 Å². The quantitative estimate of drug-likeness (QED) is 0.777. The number of hydrogen-bond acceptors (Lipinski definition) is 1. The highest BCUT2D eigenvalue weighted by molar-refractivity contribution is 9.10. The number of para-hydroxylation sites is 1. The van der Waals surface area contributed by atoms with Crippen LogP contribution in [-0.4, -0.2) is 5.91 Å². The van der Waals surface area contributed by atoms with Crippen LogP contribution >= 0.6 is 27.5 Å². The molecule has 2 aromatic carbocycles. The summed E-state index contributed by atoms with van der Waals surface area (Å²) in [6.07, 6.45) is 0.338. The van der Waals surface area contributed by atoms with Crippen molar-refractivity contribution in [3.05, 3.63) is 64.1 Å².